The van der Waals surface area contributed by atoms with E-state index < -0.39 is 17.8 Å². The van der Waals surface area contributed by atoms with E-state index in [-0.39, 0.29) is 6.04 Å². The summed E-state index contributed by atoms with van der Waals surface area (Å²) in [7, 11) is 1.73. The van der Waals surface area contributed by atoms with Crippen molar-refractivity contribution in [3.8, 4) is 0 Å². The minimum Gasteiger partial charge on any atom is -0.480 e. The van der Waals surface area contributed by atoms with Crippen molar-refractivity contribution in [1.82, 2.24) is 4.90 Å². The number of halogens is 2. The molecule has 1 rings (SSSR count). The molecule has 0 bridgehead atoms. The second kappa shape index (κ2) is 6.16. The number of benzene rings is 1. The zero-order chi connectivity index (χ0) is 13.9. The molecule has 0 aliphatic heterocycles. The number of aliphatic carboxylic acids is 1. The molecule has 0 aliphatic carbocycles. The number of likely N-dealkylation sites (N-methyl/N-ethyl adjacent to an activating group) is 1. The van der Waals surface area contributed by atoms with Gasteiger partial charge >= 0.3 is 5.97 Å². The Labute approximate surface area is 111 Å². The molecular weight excluding hydrogens is 257 g/mol. The van der Waals surface area contributed by atoms with Crippen LogP contribution < -0.4 is 0 Å². The third-order valence-electron chi connectivity index (χ3n) is 3.19. The normalized spacial score (nSPS) is 14.6. The van der Waals surface area contributed by atoms with E-state index in [1.807, 2.05) is 13.8 Å². The lowest BCUT2D eigenvalue weighted by Gasteiger charge is -2.30. The predicted octanol–water partition coefficient (Wildman–Crippen LogP) is 3.34. The Hall–Kier alpha value is -1.13. The van der Waals surface area contributed by atoms with E-state index in [0.717, 1.165) is 5.56 Å². The van der Waals surface area contributed by atoms with Crippen LogP contribution in [-0.4, -0.2) is 29.1 Å². The van der Waals surface area contributed by atoms with Gasteiger partial charge in [0.1, 0.15) is 11.9 Å². The largest absolute Gasteiger partial charge is 0.480 e. The molecule has 0 saturated carbocycles. The number of carboxylic acid groups (broad SMARTS) is 1. The number of nitrogens with zero attached hydrogens (tertiary/aromatic N) is 1. The number of rotatable bonds is 5. The molecule has 1 aromatic carbocycles. The summed E-state index contributed by atoms with van der Waals surface area (Å²) < 4.78 is 13.0. The second-order valence-electron chi connectivity index (χ2n) is 4.27. The van der Waals surface area contributed by atoms with Crippen LogP contribution in [0.15, 0.2) is 18.2 Å². The van der Waals surface area contributed by atoms with Gasteiger partial charge in [-0.2, -0.15) is 0 Å². The zero-order valence-electron chi connectivity index (χ0n) is 10.7. The van der Waals surface area contributed by atoms with Gasteiger partial charge in [0, 0.05) is 11.1 Å². The first-order valence-electron chi connectivity index (χ1n) is 5.78. The fourth-order valence-corrected chi connectivity index (χ4v) is 2.29. The molecular formula is C13H17ClFNO2. The Kier molecular flexibility index (Phi) is 5.11. The van der Waals surface area contributed by atoms with Gasteiger partial charge in [0.2, 0.25) is 0 Å². The zero-order valence-corrected chi connectivity index (χ0v) is 11.4. The van der Waals surface area contributed by atoms with E-state index in [4.69, 9.17) is 16.7 Å². The highest BCUT2D eigenvalue weighted by atomic mass is 35.5. The van der Waals surface area contributed by atoms with Crippen molar-refractivity contribution in [2.24, 2.45) is 0 Å². The van der Waals surface area contributed by atoms with Crippen LogP contribution >= 0.6 is 11.6 Å². The summed E-state index contributed by atoms with van der Waals surface area (Å²) in [5.74, 6) is -1.27. The molecule has 3 nitrogen and oxygen atoms in total. The number of hydrogen-bond donors (Lipinski definition) is 1. The molecule has 0 saturated heterocycles. The van der Waals surface area contributed by atoms with Gasteiger partial charge in [-0.1, -0.05) is 24.6 Å². The summed E-state index contributed by atoms with van der Waals surface area (Å²) in [4.78, 5) is 12.8. The van der Waals surface area contributed by atoms with Gasteiger partial charge < -0.3 is 5.11 Å². The van der Waals surface area contributed by atoms with E-state index in [1.165, 1.54) is 12.1 Å². The summed E-state index contributed by atoms with van der Waals surface area (Å²) >= 11 is 5.98. The van der Waals surface area contributed by atoms with E-state index in [9.17, 15) is 9.18 Å². The topological polar surface area (TPSA) is 40.5 Å². The lowest BCUT2D eigenvalue weighted by Crippen LogP contribution is -2.39. The molecule has 0 aromatic heterocycles. The summed E-state index contributed by atoms with van der Waals surface area (Å²) in [6.07, 6.45) is 0.495. The quantitative estimate of drug-likeness (QED) is 0.894. The average molecular weight is 274 g/mol. The van der Waals surface area contributed by atoms with Crippen molar-refractivity contribution < 1.29 is 14.3 Å². The summed E-state index contributed by atoms with van der Waals surface area (Å²) in [5.41, 5.74) is 0.722. The van der Waals surface area contributed by atoms with Crippen LogP contribution in [0.3, 0.4) is 0 Å². The van der Waals surface area contributed by atoms with E-state index >= 15 is 0 Å². The monoisotopic (exact) mass is 273 g/mol. The van der Waals surface area contributed by atoms with Crippen molar-refractivity contribution in [3.05, 3.63) is 34.6 Å². The summed E-state index contributed by atoms with van der Waals surface area (Å²) in [6.45, 7) is 3.67. The molecule has 0 spiro atoms. The predicted molar refractivity (Wildman–Crippen MR) is 69.3 cm³/mol. The molecule has 2 atom stereocenters. The highest BCUT2D eigenvalue weighted by Gasteiger charge is 2.26. The highest BCUT2D eigenvalue weighted by Crippen LogP contribution is 2.28. The van der Waals surface area contributed by atoms with E-state index in [1.54, 1.807) is 18.0 Å². The van der Waals surface area contributed by atoms with Crippen LogP contribution in [0.4, 0.5) is 4.39 Å². The van der Waals surface area contributed by atoms with Crippen LogP contribution in [-0.2, 0) is 4.79 Å². The lowest BCUT2D eigenvalue weighted by molar-refractivity contribution is -0.143. The molecule has 1 aromatic rings. The number of carbonyl (C=O) groups is 1. The van der Waals surface area contributed by atoms with Crippen molar-refractivity contribution >= 4 is 17.6 Å². The maximum atomic E-state index is 13.0. The maximum absolute atomic E-state index is 13.0. The Bertz CT molecular complexity index is 439. The fraction of sp³-hybridized carbons (Fsp3) is 0.462. The molecule has 5 heteroatoms. The maximum Gasteiger partial charge on any atom is 0.320 e. The smallest absolute Gasteiger partial charge is 0.320 e. The standard InChI is InChI=1S/C13H17ClFNO2/c1-4-12(13(17)18)16(3)8(2)10-6-5-9(15)7-11(10)14/h5-8,12H,4H2,1-3H3,(H,17,18). The minimum atomic E-state index is -0.870. The van der Waals surface area contributed by atoms with Crippen molar-refractivity contribution in [2.45, 2.75) is 32.4 Å². The minimum absolute atomic E-state index is 0.195. The second-order valence-corrected chi connectivity index (χ2v) is 4.68. The molecule has 100 valence electrons. The third kappa shape index (κ3) is 3.21. The van der Waals surface area contributed by atoms with Gasteiger partial charge in [0.25, 0.3) is 0 Å². The first kappa shape index (κ1) is 14.9. The molecule has 1 N–H and O–H groups in total. The molecule has 0 amide bonds. The third-order valence-corrected chi connectivity index (χ3v) is 3.51. The van der Waals surface area contributed by atoms with Gasteiger partial charge in [0.05, 0.1) is 0 Å². The van der Waals surface area contributed by atoms with Crippen LogP contribution in [0.5, 0.6) is 0 Å². The molecule has 0 radical (unpaired) electrons. The molecule has 18 heavy (non-hydrogen) atoms. The van der Waals surface area contributed by atoms with Crippen molar-refractivity contribution in [3.63, 3.8) is 0 Å². The van der Waals surface area contributed by atoms with Gasteiger partial charge in [-0.3, -0.25) is 9.69 Å². The van der Waals surface area contributed by atoms with Crippen LogP contribution in [0.1, 0.15) is 31.9 Å². The number of carboxylic acids is 1. The van der Waals surface area contributed by atoms with Gasteiger partial charge in [-0.25, -0.2) is 4.39 Å². The first-order chi connectivity index (χ1) is 8.38. The molecule has 0 fully saturated rings. The first-order valence-corrected chi connectivity index (χ1v) is 6.16. The van der Waals surface area contributed by atoms with Crippen LogP contribution in [0, 0.1) is 5.82 Å². The van der Waals surface area contributed by atoms with Crippen molar-refractivity contribution in [1.29, 1.82) is 0 Å². The van der Waals surface area contributed by atoms with E-state index in [2.05, 4.69) is 0 Å². The SMILES string of the molecule is CCC(C(=O)O)N(C)C(C)c1ccc(F)cc1Cl. The van der Waals surface area contributed by atoms with Gasteiger partial charge in [0.15, 0.2) is 0 Å². The van der Waals surface area contributed by atoms with Gasteiger partial charge in [-0.15, -0.1) is 0 Å². The Morgan fingerprint density at radius 2 is 2.17 bits per heavy atom. The Morgan fingerprint density at radius 3 is 2.61 bits per heavy atom. The van der Waals surface area contributed by atoms with Crippen LogP contribution in [0.2, 0.25) is 5.02 Å². The fourth-order valence-electron chi connectivity index (χ4n) is 1.97. The average Bonchev–Trinajstić information content (AvgIpc) is 2.28. The molecule has 0 heterocycles. The van der Waals surface area contributed by atoms with Gasteiger partial charge in [-0.05, 0) is 38.1 Å². The van der Waals surface area contributed by atoms with Crippen LogP contribution in [0.25, 0.3) is 0 Å². The highest BCUT2D eigenvalue weighted by molar-refractivity contribution is 6.31. The molecule has 0 aliphatic rings. The summed E-state index contributed by atoms with van der Waals surface area (Å²) in [6, 6.07) is 3.38. The summed E-state index contributed by atoms with van der Waals surface area (Å²) in [5, 5.41) is 9.43. The Morgan fingerprint density at radius 1 is 1.56 bits per heavy atom. The Balaban J connectivity index is 2.98. The van der Waals surface area contributed by atoms with E-state index in [0.29, 0.717) is 11.4 Å². The van der Waals surface area contributed by atoms with Crippen molar-refractivity contribution in [2.75, 3.05) is 7.05 Å². The lowest BCUT2D eigenvalue weighted by atomic mass is 10.0. The number of hydrogen-bond acceptors (Lipinski definition) is 2. The molecule has 2 unspecified atom stereocenters.